The van der Waals surface area contributed by atoms with Crippen molar-refractivity contribution in [3.63, 3.8) is 0 Å². The lowest BCUT2D eigenvalue weighted by atomic mass is 9.77. The zero-order valence-corrected chi connectivity index (χ0v) is 9.60. The van der Waals surface area contributed by atoms with Gasteiger partial charge in [0.2, 0.25) is 0 Å². The number of allylic oxidation sites excluding steroid dienone is 1. The highest BCUT2D eigenvalue weighted by Crippen LogP contribution is 2.32. The van der Waals surface area contributed by atoms with Gasteiger partial charge < -0.3 is 10.6 Å². The summed E-state index contributed by atoms with van der Waals surface area (Å²) < 4.78 is 0. The monoisotopic (exact) mass is 208 g/mol. The average molecular weight is 208 g/mol. The predicted molar refractivity (Wildman–Crippen MR) is 60.8 cm³/mol. The van der Waals surface area contributed by atoms with Crippen LogP contribution in [0.1, 0.15) is 26.7 Å². The fourth-order valence-electron chi connectivity index (χ4n) is 2.32. The van der Waals surface area contributed by atoms with Crippen molar-refractivity contribution in [3.05, 3.63) is 11.6 Å². The molecule has 1 unspecified atom stereocenters. The molecular formula is C12H20N2O. The molecule has 1 saturated heterocycles. The van der Waals surface area contributed by atoms with Gasteiger partial charge in [0.1, 0.15) is 0 Å². The van der Waals surface area contributed by atoms with E-state index < -0.39 is 0 Å². The molecule has 84 valence electrons. The van der Waals surface area contributed by atoms with Crippen molar-refractivity contribution in [2.75, 3.05) is 19.6 Å². The normalized spacial score (nSPS) is 31.2. The molecule has 0 amide bonds. The molecule has 2 aliphatic rings. The van der Waals surface area contributed by atoms with Gasteiger partial charge in [0.15, 0.2) is 5.78 Å². The Labute approximate surface area is 91.3 Å². The number of piperazine rings is 1. The predicted octanol–water partition coefficient (Wildman–Crippen LogP) is 0.863. The molecule has 15 heavy (non-hydrogen) atoms. The summed E-state index contributed by atoms with van der Waals surface area (Å²) in [6.07, 6.45) is 3.86. The van der Waals surface area contributed by atoms with Crippen molar-refractivity contribution in [2.45, 2.75) is 32.7 Å². The second-order valence-electron chi connectivity index (χ2n) is 5.22. The Hall–Kier alpha value is -0.670. The average Bonchev–Trinajstić information content (AvgIpc) is 2.23. The Balaban J connectivity index is 2.17. The van der Waals surface area contributed by atoms with E-state index in [1.165, 1.54) is 0 Å². The maximum atomic E-state index is 11.8. The largest absolute Gasteiger partial charge is 0.314 e. The van der Waals surface area contributed by atoms with E-state index in [2.05, 4.69) is 30.6 Å². The first-order valence-corrected chi connectivity index (χ1v) is 5.78. The molecule has 0 spiro atoms. The van der Waals surface area contributed by atoms with Crippen LogP contribution in [0.3, 0.4) is 0 Å². The molecule has 1 heterocycles. The van der Waals surface area contributed by atoms with Crippen molar-refractivity contribution in [1.29, 1.82) is 0 Å². The van der Waals surface area contributed by atoms with Gasteiger partial charge in [0, 0.05) is 37.7 Å². The first-order valence-electron chi connectivity index (χ1n) is 5.78. The molecule has 1 fully saturated rings. The fraction of sp³-hybridized carbons (Fsp3) is 0.750. The zero-order chi connectivity index (χ0) is 10.9. The fourth-order valence-corrected chi connectivity index (χ4v) is 2.32. The van der Waals surface area contributed by atoms with Crippen LogP contribution in [0.15, 0.2) is 11.6 Å². The maximum absolute atomic E-state index is 11.8. The Kier molecular flexibility index (Phi) is 2.94. The van der Waals surface area contributed by atoms with E-state index in [1.54, 1.807) is 0 Å². The van der Waals surface area contributed by atoms with E-state index in [1.807, 2.05) is 0 Å². The van der Waals surface area contributed by atoms with Crippen LogP contribution in [0, 0.1) is 5.41 Å². The van der Waals surface area contributed by atoms with E-state index >= 15 is 0 Å². The third kappa shape index (κ3) is 2.47. The first kappa shape index (κ1) is 10.8. The quantitative estimate of drug-likeness (QED) is 0.671. The molecule has 3 heteroatoms. The van der Waals surface area contributed by atoms with Crippen LogP contribution in [-0.4, -0.2) is 31.5 Å². The lowest BCUT2D eigenvalue weighted by molar-refractivity contribution is -0.117. The van der Waals surface area contributed by atoms with Crippen molar-refractivity contribution in [3.8, 4) is 0 Å². The molecule has 3 nitrogen and oxygen atoms in total. The first-order chi connectivity index (χ1) is 7.08. The lowest BCUT2D eigenvalue weighted by Crippen LogP contribution is -2.51. The van der Waals surface area contributed by atoms with E-state index in [-0.39, 0.29) is 11.5 Å². The van der Waals surface area contributed by atoms with Gasteiger partial charge in [-0.2, -0.15) is 0 Å². The van der Waals surface area contributed by atoms with Crippen molar-refractivity contribution in [2.24, 2.45) is 5.41 Å². The molecule has 1 aliphatic heterocycles. The highest BCUT2D eigenvalue weighted by atomic mass is 16.1. The third-order valence-corrected chi connectivity index (χ3v) is 3.28. The summed E-state index contributed by atoms with van der Waals surface area (Å²) in [7, 11) is 0. The Morgan fingerprint density at radius 2 is 2.20 bits per heavy atom. The second-order valence-corrected chi connectivity index (χ2v) is 5.22. The topological polar surface area (TPSA) is 41.1 Å². The number of hydrogen-bond acceptors (Lipinski definition) is 3. The van der Waals surface area contributed by atoms with Crippen LogP contribution in [0.2, 0.25) is 0 Å². The number of ketones is 1. The van der Waals surface area contributed by atoms with Crippen LogP contribution < -0.4 is 10.6 Å². The molecule has 1 atom stereocenters. The molecule has 0 bridgehead atoms. The second kappa shape index (κ2) is 4.06. The number of rotatable bonds is 1. The van der Waals surface area contributed by atoms with Crippen molar-refractivity contribution < 1.29 is 4.79 Å². The van der Waals surface area contributed by atoms with Gasteiger partial charge in [-0.3, -0.25) is 4.79 Å². The molecule has 0 aromatic heterocycles. The minimum atomic E-state index is 0.183. The number of Topliss-reactive ketones (excluding diaryl/α,β-unsaturated/α-hetero) is 1. The van der Waals surface area contributed by atoms with Crippen LogP contribution in [0.4, 0.5) is 0 Å². The summed E-state index contributed by atoms with van der Waals surface area (Å²) in [5.41, 5.74) is 1.18. The smallest absolute Gasteiger partial charge is 0.160 e. The maximum Gasteiger partial charge on any atom is 0.160 e. The van der Waals surface area contributed by atoms with E-state index in [4.69, 9.17) is 0 Å². The van der Waals surface area contributed by atoms with Gasteiger partial charge in [-0.25, -0.2) is 0 Å². The number of hydrogen-bond donors (Lipinski definition) is 2. The molecule has 2 N–H and O–H groups in total. The van der Waals surface area contributed by atoms with Gasteiger partial charge >= 0.3 is 0 Å². The van der Waals surface area contributed by atoms with Gasteiger partial charge in [-0.05, 0) is 11.8 Å². The summed E-state index contributed by atoms with van der Waals surface area (Å²) in [4.78, 5) is 11.8. The van der Waals surface area contributed by atoms with Gasteiger partial charge in [-0.15, -0.1) is 0 Å². The zero-order valence-electron chi connectivity index (χ0n) is 9.60. The molecule has 2 rings (SSSR count). The number of nitrogens with one attached hydrogen (secondary N) is 2. The molecule has 0 aromatic carbocycles. The SMILES string of the molecule is CC1(C)C=C(C2CNCCN2)C(=O)CC1. The van der Waals surface area contributed by atoms with Gasteiger partial charge in [0.05, 0.1) is 0 Å². The van der Waals surface area contributed by atoms with Crippen LogP contribution >= 0.6 is 0 Å². The standard InChI is InChI=1S/C12H20N2O/c1-12(2)4-3-11(15)9(7-12)10-8-13-5-6-14-10/h7,10,13-14H,3-6,8H2,1-2H3. The van der Waals surface area contributed by atoms with Crippen LogP contribution in [0.25, 0.3) is 0 Å². The van der Waals surface area contributed by atoms with Gasteiger partial charge in [0.25, 0.3) is 0 Å². The van der Waals surface area contributed by atoms with Crippen LogP contribution in [-0.2, 0) is 4.79 Å². The third-order valence-electron chi connectivity index (χ3n) is 3.28. The minimum Gasteiger partial charge on any atom is -0.314 e. The summed E-state index contributed by atoms with van der Waals surface area (Å²) in [6, 6.07) is 0.228. The molecule has 0 saturated carbocycles. The van der Waals surface area contributed by atoms with E-state index in [0.717, 1.165) is 31.6 Å². The summed E-state index contributed by atoms with van der Waals surface area (Å²) >= 11 is 0. The Bertz CT molecular complexity index is 288. The summed E-state index contributed by atoms with van der Waals surface area (Å²) in [5, 5.41) is 6.73. The van der Waals surface area contributed by atoms with Crippen LogP contribution in [0.5, 0.6) is 0 Å². The van der Waals surface area contributed by atoms with Gasteiger partial charge in [-0.1, -0.05) is 19.9 Å². The highest BCUT2D eigenvalue weighted by molar-refractivity contribution is 5.97. The lowest BCUT2D eigenvalue weighted by Gasteiger charge is -2.32. The minimum absolute atomic E-state index is 0.183. The Morgan fingerprint density at radius 1 is 1.40 bits per heavy atom. The van der Waals surface area contributed by atoms with Crippen molar-refractivity contribution >= 4 is 5.78 Å². The molecule has 1 aliphatic carbocycles. The summed E-state index contributed by atoms with van der Waals surface area (Å²) in [6.45, 7) is 7.25. The van der Waals surface area contributed by atoms with Crippen molar-refractivity contribution in [1.82, 2.24) is 10.6 Å². The number of carbonyl (C=O) groups is 1. The van der Waals surface area contributed by atoms with E-state index in [0.29, 0.717) is 12.2 Å². The van der Waals surface area contributed by atoms with E-state index in [9.17, 15) is 4.79 Å². The molecular weight excluding hydrogens is 188 g/mol. The summed E-state index contributed by atoms with van der Waals surface area (Å²) in [5.74, 6) is 0.329. The number of carbonyl (C=O) groups excluding carboxylic acids is 1. The Morgan fingerprint density at radius 3 is 2.87 bits per heavy atom. The highest BCUT2D eigenvalue weighted by Gasteiger charge is 2.30. The molecule has 0 radical (unpaired) electrons. The molecule has 0 aromatic rings.